The fourth-order valence-corrected chi connectivity index (χ4v) is 4.45. The molecule has 238 valence electrons. The third-order valence-corrected chi connectivity index (χ3v) is 7.36. The van der Waals surface area contributed by atoms with Crippen LogP contribution in [0.4, 0.5) is 0 Å². The second kappa shape index (κ2) is 12.8. The third-order valence-electron chi connectivity index (χ3n) is 7.36. The van der Waals surface area contributed by atoms with Crippen molar-refractivity contribution in [3.8, 4) is 0 Å². The van der Waals surface area contributed by atoms with Gasteiger partial charge in [0.15, 0.2) is 25.2 Å². The van der Waals surface area contributed by atoms with Crippen LogP contribution in [0, 0.1) is 5.92 Å². The zero-order valence-corrected chi connectivity index (χ0v) is 22.5. The third kappa shape index (κ3) is 6.99. The summed E-state index contributed by atoms with van der Waals surface area (Å²) in [5.41, 5.74) is -1.46. The van der Waals surface area contributed by atoms with Crippen molar-refractivity contribution in [3.05, 3.63) is 0 Å². The summed E-state index contributed by atoms with van der Waals surface area (Å²) in [5, 5.41) is 82.1. The lowest BCUT2D eigenvalue weighted by molar-refractivity contribution is -0.483. The second-order valence-corrected chi connectivity index (χ2v) is 10.7. The monoisotopic (exact) mass is 602 g/mol. The van der Waals surface area contributed by atoms with E-state index < -0.39 is 118 Å². The van der Waals surface area contributed by atoms with Gasteiger partial charge in [-0.05, 0) is 13.8 Å². The Balaban J connectivity index is 1.73. The summed E-state index contributed by atoms with van der Waals surface area (Å²) in [6, 6.07) is 0. The van der Waals surface area contributed by atoms with Crippen molar-refractivity contribution in [2.45, 2.75) is 113 Å². The summed E-state index contributed by atoms with van der Waals surface area (Å²) < 4.78 is 50.2. The van der Waals surface area contributed by atoms with Crippen LogP contribution in [-0.4, -0.2) is 153 Å². The van der Waals surface area contributed by atoms with Gasteiger partial charge in [0.1, 0.15) is 36.6 Å². The smallest absolute Gasteiger partial charge is 0.341 e. The molecule has 18 heteroatoms. The number of carbonyl (C=O) groups is 1. The van der Waals surface area contributed by atoms with Gasteiger partial charge in [0.25, 0.3) is 6.48 Å². The molecule has 0 aromatic heterocycles. The van der Waals surface area contributed by atoms with Gasteiger partial charge in [0, 0.05) is 12.3 Å². The van der Waals surface area contributed by atoms with E-state index >= 15 is 0 Å². The highest BCUT2D eigenvalue weighted by Crippen LogP contribution is 2.37. The van der Waals surface area contributed by atoms with Crippen LogP contribution >= 0.6 is 0 Å². The van der Waals surface area contributed by atoms with Gasteiger partial charge in [-0.2, -0.15) is 0 Å². The van der Waals surface area contributed by atoms with Crippen LogP contribution in [0.25, 0.3) is 0 Å². The van der Waals surface area contributed by atoms with Crippen LogP contribution < -0.4 is 0 Å². The van der Waals surface area contributed by atoms with Crippen molar-refractivity contribution in [1.82, 2.24) is 0 Å². The Morgan fingerprint density at radius 1 is 1.00 bits per heavy atom. The summed E-state index contributed by atoms with van der Waals surface area (Å²) in [6.45, 7) is 0.605. The maximum Gasteiger partial charge on any atom is 0.341 e. The highest BCUT2D eigenvalue weighted by molar-refractivity contribution is 5.73. The minimum Gasteiger partial charge on any atom is -0.479 e. The van der Waals surface area contributed by atoms with E-state index in [-0.39, 0.29) is 6.42 Å². The van der Waals surface area contributed by atoms with Crippen LogP contribution in [0.5, 0.6) is 0 Å². The Labute approximate surface area is 233 Å². The average Bonchev–Trinajstić information content (AvgIpc) is 3.23. The van der Waals surface area contributed by atoms with Crippen LogP contribution in [0.1, 0.15) is 27.2 Å². The normalized spacial score (nSPS) is 45.5. The van der Waals surface area contributed by atoms with E-state index in [9.17, 15) is 45.6 Å². The van der Waals surface area contributed by atoms with Crippen molar-refractivity contribution in [2.24, 2.45) is 5.92 Å². The SMILES string of the molecule is C[C@H]([C@H](O)O[C@@H]1OC(C(=O)O)C2(O[C@H]3OC(O)[C@H](CO)O3)OCCC1O[C@@H]1OC(CO2)[C@H](O)C(O)C1O)C(C)(C)O. The molecule has 4 bridgehead atoms. The molecule has 18 nitrogen and oxygen atoms in total. The first-order valence-corrected chi connectivity index (χ1v) is 13.0. The zero-order chi connectivity index (χ0) is 30.3. The lowest BCUT2D eigenvalue weighted by Gasteiger charge is -2.43. The molecule has 5 heterocycles. The van der Waals surface area contributed by atoms with E-state index in [1.54, 1.807) is 0 Å². The number of carboxylic acids is 1. The molecule has 0 aliphatic carbocycles. The number of rotatable bonds is 8. The topological polar surface area (TPSA) is 262 Å². The van der Waals surface area contributed by atoms with Crippen molar-refractivity contribution in [1.29, 1.82) is 0 Å². The molecular formula is C23H38O18. The molecule has 41 heavy (non-hydrogen) atoms. The fraction of sp³-hybridized carbons (Fsp3) is 0.957. The molecule has 14 atom stereocenters. The number of aliphatic hydroxyl groups is 7. The minimum atomic E-state index is -2.77. The quantitative estimate of drug-likeness (QED) is 0.123. The molecule has 0 aromatic carbocycles. The number of carboxylic acid groups (broad SMARTS) is 1. The number of hydrogen-bond acceptors (Lipinski definition) is 17. The summed E-state index contributed by atoms with van der Waals surface area (Å²) in [7, 11) is 0. The maximum atomic E-state index is 12.6. The number of aliphatic hydroxyl groups excluding tert-OH is 6. The van der Waals surface area contributed by atoms with Crippen LogP contribution in [0.3, 0.4) is 0 Å². The number of ether oxygens (including phenoxy) is 9. The van der Waals surface area contributed by atoms with Crippen LogP contribution in [-0.2, 0) is 47.4 Å². The molecule has 0 saturated carbocycles. The molecule has 5 fully saturated rings. The molecule has 0 spiro atoms. The first kappa shape index (κ1) is 32.7. The van der Waals surface area contributed by atoms with Gasteiger partial charge in [0.05, 0.1) is 25.4 Å². The van der Waals surface area contributed by atoms with Crippen molar-refractivity contribution >= 4 is 5.97 Å². The number of hydrogen-bond donors (Lipinski definition) is 8. The van der Waals surface area contributed by atoms with Gasteiger partial charge >= 0.3 is 11.9 Å². The van der Waals surface area contributed by atoms with E-state index in [1.165, 1.54) is 20.8 Å². The van der Waals surface area contributed by atoms with Gasteiger partial charge in [-0.1, -0.05) is 6.92 Å². The maximum absolute atomic E-state index is 12.6. The molecule has 5 saturated heterocycles. The Morgan fingerprint density at radius 2 is 1.68 bits per heavy atom. The average molecular weight is 603 g/mol. The molecule has 5 rings (SSSR count). The van der Waals surface area contributed by atoms with E-state index in [0.717, 1.165) is 0 Å². The van der Waals surface area contributed by atoms with Gasteiger partial charge in [-0.15, -0.1) is 0 Å². The first-order valence-electron chi connectivity index (χ1n) is 13.0. The largest absolute Gasteiger partial charge is 0.479 e. The summed E-state index contributed by atoms with van der Waals surface area (Å²) >= 11 is 0. The van der Waals surface area contributed by atoms with Gasteiger partial charge in [0.2, 0.25) is 6.10 Å². The first-order chi connectivity index (χ1) is 19.2. The van der Waals surface area contributed by atoms with E-state index in [0.29, 0.717) is 0 Å². The Kier molecular flexibility index (Phi) is 10.2. The van der Waals surface area contributed by atoms with E-state index in [2.05, 4.69) is 0 Å². The molecule has 7 unspecified atom stereocenters. The zero-order valence-electron chi connectivity index (χ0n) is 22.5. The molecular weight excluding hydrogens is 564 g/mol. The van der Waals surface area contributed by atoms with E-state index in [1.807, 2.05) is 0 Å². The standard InChI is InChI=1S/C23H38O18/c1-8(22(2,3)32)17(30)39-19-9-4-5-33-23(15(38-19)16(28)29,41-21-37-10(6-24)18(31)40-21)34-7-11-12(25)13(26)14(27)20(35-9)36-11/h8-15,17-21,24-27,30-32H,4-7H2,1-3H3,(H,28,29)/t8-,9?,10+,11?,12+,13?,14?,15?,17-,18?,19+,20-,21-,23?/m1/s1. The molecule has 5 aliphatic rings. The van der Waals surface area contributed by atoms with Gasteiger partial charge in [-0.3, -0.25) is 9.47 Å². The van der Waals surface area contributed by atoms with Crippen LogP contribution in [0.15, 0.2) is 0 Å². The van der Waals surface area contributed by atoms with E-state index in [4.69, 9.17) is 42.6 Å². The molecule has 0 radical (unpaired) electrons. The highest BCUT2D eigenvalue weighted by Gasteiger charge is 2.58. The minimum absolute atomic E-state index is 0.195. The van der Waals surface area contributed by atoms with Crippen molar-refractivity contribution < 1.29 is 88.3 Å². The Hall–Kier alpha value is -1.17. The second-order valence-electron chi connectivity index (χ2n) is 10.7. The lowest BCUT2D eigenvalue weighted by atomic mass is 9.92. The lowest BCUT2D eigenvalue weighted by Crippen LogP contribution is -2.61. The fourth-order valence-electron chi connectivity index (χ4n) is 4.45. The summed E-state index contributed by atoms with van der Waals surface area (Å²) in [6.07, 6.45) is -18.6. The summed E-state index contributed by atoms with van der Waals surface area (Å²) in [5.74, 6) is -5.46. The molecule has 5 aliphatic heterocycles. The Morgan fingerprint density at radius 3 is 2.29 bits per heavy atom. The van der Waals surface area contributed by atoms with Gasteiger partial charge in [-0.25, -0.2) is 4.79 Å². The molecule has 0 amide bonds. The van der Waals surface area contributed by atoms with Crippen molar-refractivity contribution in [2.75, 3.05) is 19.8 Å². The molecule has 0 aromatic rings. The van der Waals surface area contributed by atoms with Gasteiger partial charge < -0.3 is 74.0 Å². The summed E-state index contributed by atoms with van der Waals surface area (Å²) in [4.78, 5) is 12.6. The Bertz CT molecular complexity index is 885. The predicted molar refractivity (Wildman–Crippen MR) is 124 cm³/mol. The highest BCUT2D eigenvalue weighted by atomic mass is 17.0. The number of fused-ring (bicyclic) bond motifs is 5. The molecule has 8 N–H and O–H groups in total. The predicted octanol–water partition coefficient (Wildman–Crippen LogP) is -4.15. The van der Waals surface area contributed by atoms with Crippen molar-refractivity contribution in [3.63, 3.8) is 0 Å². The van der Waals surface area contributed by atoms with Crippen LogP contribution in [0.2, 0.25) is 0 Å². The number of aliphatic carboxylic acids is 1.